The van der Waals surface area contributed by atoms with E-state index >= 15 is 0 Å². The Kier molecular flexibility index (Phi) is 5.68. The van der Waals surface area contributed by atoms with Gasteiger partial charge in [-0.3, -0.25) is 4.79 Å². The number of methoxy groups -OCH3 is 1. The monoisotopic (exact) mass is 381 g/mol. The lowest BCUT2D eigenvalue weighted by atomic mass is 10.2. The van der Waals surface area contributed by atoms with Crippen LogP contribution in [0.2, 0.25) is 5.02 Å². The molecule has 0 fully saturated rings. The second kappa shape index (κ2) is 8.33. The van der Waals surface area contributed by atoms with E-state index in [4.69, 9.17) is 11.6 Å². The van der Waals surface area contributed by atoms with Crippen LogP contribution in [0.4, 0.5) is 17.1 Å². The van der Waals surface area contributed by atoms with Crippen molar-refractivity contribution >= 4 is 40.5 Å². The van der Waals surface area contributed by atoms with Crippen LogP contribution in [0.25, 0.3) is 0 Å². The molecule has 7 heteroatoms. The highest BCUT2D eigenvalue weighted by Gasteiger charge is 2.10. The summed E-state index contributed by atoms with van der Waals surface area (Å²) in [7, 11) is 1.30. The molecule has 0 bridgehead atoms. The highest BCUT2D eigenvalue weighted by atomic mass is 35.5. The fraction of sp³-hybridized carbons (Fsp3) is 0.0500. The van der Waals surface area contributed by atoms with E-state index in [1.165, 1.54) is 7.11 Å². The van der Waals surface area contributed by atoms with Crippen LogP contribution in [-0.2, 0) is 4.74 Å². The van der Waals surface area contributed by atoms with E-state index in [-0.39, 0.29) is 11.6 Å². The molecule has 0 radical (unpaired) electrons. The molecule has 0 aliphatic rings. The number of carbonyl (C=O) groups is 2. The molecule has 0 saturated heterocycles. The average molecular weight is 382 g/mol. The number of hydrogen-bond acceptors (Lipinski definition) is 5. The van der Waals surface area contributed by atoms with Gasteiger partial charge in [-0.1, -0.05) is 23.7 Å². The van der Waals surface area contributed by atoms with E-state index in [2.05, 4.69) is 20.4 Å². The van der Waals surface area contributed by atoms with Gasteiger partial charge in [0.15, 0.2) is 0 Å². The second-order valence-corrected chi connectivity index (χ2v) is 6.03. The molecule has 1 heterocycles. The largest absolute Gasteiger partial charge is 0.465 e. The van der Waals surface area contributed by atoms with Crippen LogP contribution in [0.3, 0.4) is 0 Å². The first kappa shape index (κ1) is 18.4. The molecule has 2 aromatic carbocycles. The summed E-state index contributed by atoms with van der Waals surface area (Å²) in [6, 6.07) is 17.1. The van der Waals surface area contributed by atoms with Crippen LogP contribution in [-0.4, -0.2) is 24.0 Å². The van der Waals surface area contributed by atoms with Crippen LogP contribution in [0.5, 0.6) is 0 Å². The SMILES string of the molecule is COC(=O)c1cccc(NC(=O)c2ccc(Nc3cccc(Cl)c3)cn2)c1. The van der Waals surface area contributed by atoms with Crippen molar-refractivity contribution < 1.29 is 14.3 Å². The quantitative estimate of drug-likeness (QED) is 0.635. The number of carbonyl (C=O) groups excluding carboxylic acids is 2. The molecule has 0 unspecified atom stereocenters. The number of amides is 1. The van der Waals surface area contributed by atoms with Gasteiger partial charge in [-0.25, -0.2) is 9.78 Å². The number of esters is 1. The number of ether oxygens (including phenoxy) is 1. The zero-order valence-electron chi connectivity index (χ0n) is 14.4. The Bertz CT molecular complexity index is 974. The number of benzene rings is 2. The number of pyridine rings is 1. The molecule has 3 aromatic rings. The summed E-state index contributed by atoms with van der Waals surface area (Å²) < 4.78 is 4.67. The van der Waals surface area contributed by atoms with Crippen molar-refractivity contribution in [2.24, 2.45) is 0 Å². The fourth-order valence-corrected chi connectivity index (χ4v) is 2.56. The van der Waals surface area contributed by atoms with Gasteiger partial charge < -0.3 is 15.4 Å². The van der Waals surface area contributed by atoms with Crippen molar-refractivity contribution in [1.29, 1.82) is 0 Å². The van der Waals surface area contributed by atoms with E-state index in [1.54, 1.807) is 54.7 Å². The molecular weight excluding hydrogens is 366 g/mol. The number of nitrogens with one attached hydrogen (secondary N) is 2. The standard InChI is InChI=1S/C20H16ClN3O3/c1-27-20(26)13-4-2-6-15(10-13)24-19(25)18-9-8-17(12-22-18)23-16-7-3-5-14(21)11-16/h2-12,23H,1H3,(H,24,25). The molecule has 136 valence electrons. The normalized spacial score (nSPS) is 10.1. The molecule has 6 nitrogen and oxygen atoms in total. The van der Waals surface area contributed by atoms with Gasteiger partial charge in [0.2, 0.25) is 0 Å². The molecule has 1 amide bonds. The molecule has 1 aromatic heterocycles. The van der Waals surface area contributed by atoms with Crippen molar-refractivity contribution in [2.45, 2.75) is 0 Å². The Morgan fingerprint density at radius 1 is 0.963 bits per heavy atom. The highest BCUT2D eigenvalue weighted by Crippen LogP contribution is 2.20. The van der Waals surface area contributed by atoms with Gasteiger partial charge in [0.05, 0.1) is 24.6 Å². The van der Waals surface area contributed by atoms with E-state index < -0.39 is 5.97 Å². The van der Waals surface area contributed by atoms with Crippen LogP contribution >= 0.6 is 11.6 Å². The maximum Gasteiger partial charge on any atom is 0.337 e. The van der Waals surface area contributed by atoms with Crippen molar-refractivity contribution in [3.8, 4) is 0 Å². The maximum absolute atomic E-state index is 12.4. The van der Waals surface area contributed by atoms with Crippen LogP contribution in [0, 0.1) is 0 Å². The van der Waals surface area contributed by atoms with Crippen molar-refractivity contribution in [1.82, 2.24) is 4.98 Å². The van der Waals surface area contributed by atoms with E-state index in [9.17, 15) is 9.59 Å². The molecule has 3 rings (SSSR count). The zero-order valence-corrected chi connectivity index (χ0v) is 15.2. The second-order valence-electron chi connectivity index (χ2n) is 5.59. The third kappa shape index (κ3) is 4.83. The number of anilines is 3. The topological polar surface area (TPSA) is 80.3 Å². The lowest BCUT2D eigenvalue weighted by Gasteiger charge is -2.08. The maximum atomic E-state index is 12.4. The number of hydrogen-bond donors (Lipinski definition) is 2. The first-order chi connectivity index (χ1) is 13.0. The first-order valence-corrected chi connectivity index (χ1v) is 8.41. The van der Waals surface area contributed by atoms with E-state index in [1.807, 2.05) is 12.1 Å². The van der Waals surface area contributed by atoms with Crippen molar-refractivity contribution in [3.63, 3.8) is 0 Å². The first-order valence-electron chi connectivity index (χ1n) is 8.03. The summed E-state index contributed by atoms with van der Waals surface area (Å²) >= 11 is 5.96. The fourth-order valence-electron chi connectivity index (χ4n) is 2.37. The Balaban J connectivity index is 1.68. The summed E-state index contributed by atoms with van der Waals surface area (Å²) in [6.07, 6.45) is 1.56. The molecule has 0 atom stereocenters. The molecule has 27 heavy (non-hydrogen) atoms. The van der Waals surface area contributed by atoms with Crippen LogP contribution in [0.15, 0.2) is 66.9 Å². The van der Waals surface area contributed by atoms with Gasteiger partial charge >= 0.3 is 5.97 Å². The minimum Gasteiger partial charge on any atom is -0.465 e. The Hall–Kier alpha value is -3.38. The molecule has 2 N–H and O–H groups in total. The minimum atomic E-state index is -0.472. The van der Waals surface area contributed by atoms with Gasteiger partial charge in [-0.05, 0) is 48.5 Å². The molecule has 0 saturated carbocycles. The third-order valence-electron chi connectivity index (χ3n) is 3.65. The Labute approximate surface area is 161 Å². The molecule has 0 spiro atoms. The molecule has 0 aliphatic carbocycles. The lowest BCUT2D eigenvalue weighted by molar-refractivity contribution is 0.0600. The number of aromatic nitrogens is 1. The van der Waals surface area contributed by atoms with Crippen LogP contribution < -0.4 is 10.6 Å². The number of nitrogens with zero attached hydrogens (tertiary/aromatic N) is 1. The summed E-state index contributed by atoms with van der Waals surface area (Å²) in [5.74, 6) is -0.855. The van der Waals surface area contributed by atoms with Gasteiger partial charge in [0, 0.05) is 16.4 Å². The minimum absolute atomic E-state index is 0.245. The predicted octanol–water partition coefficient (Wildman–Crippen LogP) is 4.52. The predicted molar refractivity (Wildman–Crippen MR) is 105 cm³/mol. The molecular formula is C20H16ClN3O3. The third-order valence-corrected chi connectivity index (χ3v) is 3.89. The van der Waals surface area contributed by atoms with Gasteiger partial charge in [-0.15, -0.1) is 0 Å². The van der Waals surface area contributed by atoms with Crippen molar-refractivity contribution in [3.05, 3.63) is 83.1 Å². The zero-order chi connectivity index (χ0) is 19.2. The van der Waals surface area contributed by atoms with Gasteiger partial charge in [0.1, 0.15) is 5.69 Å². The highest BCUT2D eigenvalue weighted by molar-refractivity contribution is 6.30. The summed E-state index contributed by atoms with van der Waals surface area (Å²) in [4.78, 5) is 28.1. The van der Waals surface area contributed by atoms with Gasteiger partial charge in [-0.2, -0.15) is 0 Å². The number of halogens is 1. The van der Waals surface area contributed by atoms with E-state index in [0.29, 0.717) is 16.3 Å². The smallest absolute Gasteiger partial charge is 0.337 e. The van der Waals surface area contributed by atoms with Crippen molar-refractivity contribution in [2.75, 3.05) is 17.7 Å². The summed E-state index contributed by atoms with van der Waals surface area (Å²) in [6.45, 7) is 0. The number of rotatable bonds is 5. The summed E-state index contributed by atoms with van der Waals surface area (Å²) in [5, 5.41) is 6.49. The Morgan fingerprint density at radius 2 is 1.74 bits per heavy atom. The molecule has 0 aliphatic heterocycles. The average Bonchev–Trinajstić information content (AvgIpc) is 2.68. The van der Waals surface area contributed by atoms with E-state index in [0.717, 1.165) is 11.4 Å². The Morgan fingerprint density at radius 3 is 2.44 bits per heavy atom. The summed E-state index contributed by atoms with van der Waals surface area (Å²) in [5.41, 5.74) is 2.62. The van der Waals surface area contributed by atoms with Gasteiger partial charge in [0.25, 0.3) is 5.91 Å². The van der Waals surface area contributed by atoms with Crippen LogP contribution in [0.1, 0.15) is 20.8 Å². The lowest BCUT2D eigenvalue weighted by Crippen LogP contribution is -2.14.